The number of benzene rings is 1. The van der Waals surface area contributed by atoms with E-state index in [0.29, 0.717) is 27.9 Å². The van der Waals surface area contributed by atoms with Crippen molar-refractivity contribution in [2.24, 2.45) is 0 Å². The lowest BCUT2D eigenvalue weighted by atomic mass is 10.2. The summed E-state index contributed by atoms with van der Waals surface area (Å²) in [6, 6.07) is 5.55. The molecular formula is C14H18ClN3OS. The highest BCUT2D eigenvalue weighted by molar-refractivity contribution is 7.84. The monoisotopic (exact) mass is 311 g/mol. The minimum Gasteiger partial charge on any atom is -0.398 e. The molecule has 1 aromatic carbocycles. The lowest BCUT2D eigenvalue weighted by Gasteiger charge is -2.08. The molecule has 0 spiro atoms. The van der Waals surface area contributed by atoms with E-state index in [1.165, 1.54) is 0 Å². The van der Waals surface area contributed by atoms with E-state index < -0.39 is 10.8 Å². The average molecular weight is 312 g/mol. The molecule has 1 aromatic heterocycles. The number of hydrogen-bond donors (Lipinski definition) is 1. The van der Waals surface area contributed by atoms with Gasteiger partial charge in [-0.3, -0.25) is 8.89 Å². The normalized spacial score (nSPS) is 12.6. The SMILES string of the molecule is CCn1nc(C)c(Cl)c1CS(=O)c1cc(C)ccc1N. The molecule has 1 atom stereocenters. The van der Waals surface area contributed by atoms with Crippen LogP contribution in [0.2, 0.25) is 5.02 Å². The second-order valence-electron chi connectivity index (χ2n) is 4.69. The summed E-state index contributed by atoms with van der Waals surface area (Å²) < 4.78 is 14.3. The second kappa shape index (κ2) is 5.97. The van der Waals surface area contributed by atoms with E-state index in [2.05, 4.69) is 5.10 Å². The molecule has 0 aliphatic rings. The molecule has 0 bridgehead atoms. The minimum absolute atomic E-state index is 0.321. The molecule has 0 saturated carbocycles. The fourth-order valence-corrected chi connectivity index (χ4v) is 3.67. The van der Waals surface area contributed by atoms with Crippen molar-refractivity contribution in [3.63, 3.8) is 0 Å². The lowest BCUT2D eigenvalue weighted by molar-refractivity contribution is 0.627. The van der Waals surface area contributed by atoms with Crippen LogP contribution in [0.15, 0.2) is 23.1 Å². The first-order valence-corrected chi connectivity index (χ1v) is 8.10. The van der Waals surface area contributed by atoms with Crippen LogP contribution < -0.4 is 5.73 Å². The summed E-state index contributed by atoms with van der Waals surface area (Å²) in [7, 11) is -1.24. The van der Waals surface area contributed by atoms with Gasteiger partial charge in [0.1, 0.15) is 0 Å². The van der Waals surface area contributed by atoms with Gasteiger partial charge in [-0.1, -0.05) is 17.7 Å². The zero-order chi connectivity index (χ0) is 14.9. The van der Waals surface area contributed by atoms with Gasteiger partial charge in [-0.15, -0.1) is 0 Å². The third kappa shape index (κ3) is 2.88. The maximum atomic E-state index is 12.5. The average Bonchev–Trinajstić information content (AvgIpc) is 2.69. The Balaban J connectivity index is 2.35. The Labute approximate surface area is 126 Å². The van der Waals surface area contributed by atoms with E-state index in [4.69, 9.17) is 17.3 Å². The van der Waals surface area contributed by atoms with Crippen molar-refractivity contribution in [2.45, 2.75) is 38.0 Å². The van der Waals surface area contributed by atoms with E-state index in [1.54, 1.807) is 10.7 Å². The highest BCUT2D eigenvalue weighted by Gasteiger charge is 2.17. The van der Waals surface area contributed by atoms with Crippen molar-refractivity contribution in [3.8, 4) is 0 Å². The second-order valence-corrected chi connectivity index (χ2v) is 6.49. The summed E-state index contributed by atoms with van der Waals surface area (Å²) >= 11 is 6.25. The van der Waals surface area contributed by atoms with Crippen LogP contribution in [0.4, 0.5) is 5.69 Å². The number of nitrogen functional groups attached to an aromatic ring is 1. The number of nitrogens with zero attached hydrogens (tertiary/aromatic N) is 2. The molecule has 108 valence electrons. The number of aryl methyl sites for hydroxylation is 3. The first kappa shape index (κ1) is 15.1. The molecule has 2 rings (SSSR count). The van der Waals surface area contributed by atoms with Crippen LogP contribution in [0.3, 0.4) is 0 Å². The molecule has 6 heteroatoms. The number of hydrogen-bond acceptors (Lipinski definition) is 3. The number of halogens is 1. The Morgan fingerprint density at radius 3 is 2.75 bits per heavy atom. The van der Waals surface area contributed by atoms with Gasteiger partial charge in [0, 0.05) is 12.2 Å². The molecule has 1 unspecified atom stereocenters. The van der Waals surface area contributed by atoms with Crippen LogP contribution in [-0.4, -0.2) is 14.0 Å². The van der Waals surface area contributed by atoms with Gasteiger partial charge in [0.15, 0.2) is 0 Å². The summed E-state index contributed by atoms with van der Waals surface area (Å²) in [6.45, 7) is 6.48. The standard InChI is InChI=1S/C14H18ClN3OS/c1-4-18-12(14(15)10(3)17-18)8-20(19)13-7-9(2)5-6-11(13)16/h5-7H,4,8,16H2,1-3H3. The zero-order valence-corrected chi connectivity index (χ0v) is 13.4. The van der Waals surface area contributed by atoms with E-state index in [-0.39, 0.29) is 0 Å². The van der Waals surface area contributed by atoms with Gasteiger partial charge in [-0.25, -0.2) is 0 Å². The molecule has 1 heterocycles. The van der Waals surface area contributed by atoms with Crippen molar-refractivity contribution in [1.29, 1.82) is 0 Å². The highest BCUT2D eigenvalue weighted by atomic mass is 35.5. The predicted molar refractivity (Wildman–Crippen MR) is 83.4 cm³/mol. The first-order chi connectivity index (χ1) is 9.43. The van der Waals surface area contributed by atoms with Crippen LogP contribution >= 0.6 is 11.6 Å². The van der Waals surface area contributed by atoms with E-state index in [1.807, 2.05) is 32.9 Å². The molecule has 4 nitrogen and oxygen atoms in total. The fourth-order valence-electron chi connectivity index (χ4n) is 2.05. The van der Waals surface area contributed by atoms with Crippen LogP contribution in [0.1, 0.15) is 23.9 Å². The van der Waals surface area contributed by atoms with Crippen LogP contribution in [0.5, 0.6) is 0 Å². The smallest absolute Gasteiger partial charge is 0.0856 e. The van der Waals surface area contributed by atoms with Crippen LogP contribution in [0, 0.1) is 13.8 Å². The maximum absolute atomic E-state index is 12.5. The Morgan fingerprint density at radius 1 is 1.40 bits per heavy atom. The van der Waals surface area contributed by atoms with Gasteiger partial charge in [0.2, 0.25) is 0 Å². The molecule has 0 aliphatic carbocycles. The summed E-state index contributed by atoms with van der Waals surface area (Å²) in [4.78, 5) is 0.655. The Kier molecular flexibility index (Phi) is 4.50. The fraction of sp³-hybridized carbons (Fsp3) is 0.357. The Bertz CT molecular complexity index is 667. The summed E-state index contributed by atoms with van der Waals surface area (Å²) in [6.07, 6.45) is 0. The molecule has 0 saturated heterocycles. The van der Waals surface area contributed by atoms with Gasteiger partial charge in [-0.2, -0.15) is 5.10 Å². The zero-order valence-electron chi connectivity index (χ0n) is 11.8. The number of nitrogens with two attached hydrogens (primary N) is 1. The molecule has 0 fully saturated rings. The van der Waals surface area contributed by atoms with Crippen molar-refractivity contribution >= 4 is 28.1 Å². The lowest BCUT2D eigenvalue weighted by Crippen LogP contribution is -2.08. The number of rotatable bonds is 4. The molecule has 20 heavy (non-hydrogen) atoms. The van der Waals surface area contributed by atoms with Gasteiger partial charge < -0.3 is 5.73 Å². The van der Waals surface area contributed by atoms with Gasteiger partial charge in [-0.05, 0) is 38.5 Å². The van der Waals surface area contributed by atoms with Crippen molar-refractivity contribution in [2.75, 3.05) is 5.73 Å². The molecule has 2 aromatic rings. The van der Waals surface area contributed by atoms with E-state index >= 15 is 0 Å². The van der Waals surface area contributed by atoms with E-state index in [9.17, 15) is 4.21 Å². The molecule has 0 radical (unpaired) electrons. The first-order valence-electron chi connectivity index (χ1n) is 6.40. The minimum atomic E-state index is -1.24. The van der Waals surface area contributed by atoms with Crippen molar-refractivity contribution < 1.29 is 4.21 Å². The summed E-state index contributed by atoms with van der Waals surface area (Å²) in [5.41, 5.74) is 9.05. The molecule has 0 aliphatic heterocycles. The number of aromatic nitrogens is 2. The third-order valence-electron chi connectivity index (χ3n) is 3.13. The Morgan fingerprint density at radius 2 is 2.10 bits per heavy atom. The highest BCUT2D eigenvalue weighted by Crippen LogP contribution is 2.25. The van der Waals surface area contributed by atoms with Crippen LogP contribution in [0.25, 0.3) is 0 Å². The van der Waals surface area contributed by atoms with Crippen LogP contribution in [-0.2, 0) is 23.1 Å². The Hall–Kier alpha value is -1.33. The maximum Gasteiger partial charge on any atom is 0.0856 e. The van der Waals surface area contributed by atoms with Crippen molar-refractivity contribution in [1.82, 2.24) is 9.78 Å². The largest absolute Gasteiger partial charge is 0.398 e. The topological polar surface area (TPSA) is 60.9 Å². The van der Waals surface area contributed by atoms with Gasteiger partial charge in [0.25, 0.3) is 0 Å². The molecule has 0 amide bonds. The molecular weight excluding hydrogens is 294 g/mol. The van der Waals surface area contributed by atoms with Gasteiger partial charge >= 0.3 is 0 Å². The predicted octanol–water partition coefficient (Wildman–Crippen LogP) is 3.06. The van der Waals surface area contributed by atoms with Gasteiger partial charge in [0.05, 0.1) is 37.9 Å². The third-order valence-corrected chi connectivity index (χ3v) is 5.01. The quantitative estimate of drug-likeness (QED) is 0.883. The van der Waals surface area contributed by atoms with Crippen molar-refractivity contribution in [3.05, 3.63) is 40.2 Å². The molecule has 2 N–H and O–H groups in total. The van der Waals surface area contributed by atoms with E-state index in [0.717, 1.165) is 17.0 Å². The number of anilines is 1. The summed E-state index contributed by atoms with van der Waals surface area (Å²) in [5.74, 6) is 0.321. The summed E-state index contributed by atoms with van der Waals surface area (Å²) in [5, 5.41) is 4.92.